The summed E-state index contributed by atoms with van der Waals surface area (Å²) in [5, 5.41) is 5.81. The fourth-order valence-electron chi connectivity index (χ4n) is 6.01. The van der Waals surface area contributed by atoms with E-state index in [2.05, 4.69) is 20.6 Å². The maximum Gasteiger partial charge on any atom is 0.437 e. The number of aromatic nitrogens is 2. The van der Waals surface area contributed by atoms with E-state index in [9.17, 15) is 22.8 Å². The molecule has 3 aliphatic rings. The number of alkyl halides is 3. The number of pyridine rings is 1. The van der Waals surface area contributed by atoms with E-state index in [1.807, 2.05) is 47.4 Å². The topological polar surface area (TPSA) is 107 Å². The molecule has 0 bridgehead atoms. The van der Waals surface area contributed by atoms with Crippen LogP contribution in [-0.2, 0) is 6.18 Å². The van der Waals surface area contributed by atoms with Crippen molar-refractivity contribution >= 4 is 41.1 Å². The number of allylic oxidation sites excluding steroid dienone is 5. The zero-order valence-corrected chi connectivity index (χ0v) is 26.8. The van der Waals surface area contributed by atoms with Crippen LogP contribution in [0.2, 0.25) is 0 Å². The quantitative estimate of drug-likeness (QED) is 0.291. The lowest BCUT2D eigenvalue weighted by Gasteiger charge is -2.31. The number of oxazole rings is 1. The molecule has 0 spiro atoms. The zero-order chi connectivity index (χ0) is 33.7. The van der Waals surface area contributed by atoms with Gasteiger partial charge in [-0.15, -0.1) is 0 Å². The number of rotatable bonds is 6. The number of hydrogen-bond acceptors (Lipinski definition) is 7. The molecule has 3 aromatic rings. The summed E-state index contributed by atoms with van der Waals surface area (Å²) in [7, 11) is 0. The fourth-order valence-corrected chi connectivity index (χ4v) is 6.20. The molecule has 6 rings (SSSR count). The van der Waals surface area contributed by atoms with E-state index in [1.165, 1.54) is 11.8 Å². The molecule has 2 aliphatic heterocycles. The Bertz CT molecular complexity index is 1700. The van der Waals surface area contributed by atoms with Crippen molar-refractivity contribution in [1.29, 1.82) is 0 Å². The molecule has 4 heterocycles. The summed E-state index contributed by atoms with van der Waals surface area (Å²) in [6, 6.07) is 12.7. The van der Waals surface area contributed by atoms with Crippen LogP contribution in [0.3, 0.4) is 0 Å². The van der Waals surface area contributed by atoms with Crippen molar-refractivity contribution in [2.75, 3.05) is 54.4 Å². The average Bonchev–Trinajstić information content (AvgIpc) is 3.28. The van der Waals surface area contributed by atoms with Crippen LogP contribution < -0.4 is 20.4 Å². The summed E-state index contributed by atoms with van der Waals surface area (Å²) in [5.41, 5.74) is 0.562. The number of anilines is 3. The maximum atomic E-state index is 14.0. The van der Waals surface area contributed by atoms with Crippen molar-refractivity contribution in [3.05, 3.63) is 101 Å². The molecule has 252 valence electrons. The summed E-state index contributed by atoms with van der Waals surface area (Å²) in [6.07, 6.45) is 6.72. The zero-order valence-electron chi connectivity index (χ0n) is 26.0. The molecule has 2 saturated heterocycles. The van der Waals surface area contributed by atoms with Crippen LogP contribution in [0.25, 0.3) is 0 Å². The van der Waals surface area contributed by atoms with Gasteiger partial charge in [0.15, 0.2) is 5.69 Å². The Morgan fingerprint density at radius 3 is 2.40 bits per heavy atom. The highest BCUT2D eigenvalue weighted by Crippen LogP contribution is 2.36. The number of carbonyl (C=O) groups is 2. The number of amides is 3. The number of benzene rings is 1. The third-order valence-electron chi connectivity index (χ3n) is 8.56. The molecule has 14 heteroatoms. The van der Waals surface area contributed by atoms with E-state index in [0.29, 0.717) is 62.2 Å². The van der Waals surface area contributed by atoms with Crippen LogP contribution >= 0.6 is 11.6 Å². The first kappa shape index (κ1) is 33.1. The number of hydrogen-bond donors (Lipinski definition) is 2. The van der Waals surface area contributed by atoms with Crippen molar-refractivity contribution < 1.29 is 27.2 Å². The molecule has 0 atom stereocenters. The predicted octanol–water partition coefficient (Wildman–Crippen LogP) is 6.91. The second-order valence-corrected chi connectivity index (χ2v) is 12.2. The average molecular weight is 682 g/mol. The van der Waals surface area contributed by atoms with Gasteiger partial charge < -0.3 is 29.8 Å². The standard InChI is InChI=1S/C34H35ClF3N7O3/c35-26-10-5-2-6-11-27(26)41-32(47)44-17-7-16-43(20-21-44)28-13-12-25(22-39-28)40-31(46)29-30(34(36,37)38)42-33(48-29)45-18-14-24(15-19-45)23-8-3-1-4-9-23/h1,3-6,8-13,22,24H,2,7,14-21H2,(H,40,46)(H,41,47). The smallest absolute Gasteiger partial charge is 0.417 e. The Morgan fingerprint density at radius 1 is 0.896 bits per heavy atom. The number of carbonyl (C=O) groups excluding carboxylic acids is 2. The molecule has 2 aromatic heterocycles. The second kappa shape index (κ2) is 14.5. The summed E-state index contributed by atoms with van der Waals surface area (Å²) in [6.45, 7) is 3.01. The van der Waals surface area contributed by atoms with Gasteiger partial charge in [0.2, 0.25) is 5.76 Å². The van der Waals surface area contributed by atoms with Gasteiger partial charge in [-0.2, -0.15) is 18.2 Å². The van der Waals surface area contributed by atoms with Crippen molar-refractivity contribution in [2.24, 2.45) is 0 Å². The van der Waals surface area contributed by atoms with Gasteiger partial charge in [0, 0.05) is 39.3 Å². The molecule has 0 saturated carbocycles. The molecular formula is C34H35ClF3N7O3. The highest BCUT2D eigenvalue weighted by Gasteiger charge is 2.42. The van der Waals surface area contributed by atoms with Gasteiger partial charge >= 0.3 is 12.2 Å². The van der Waals surface area contributed by atoms with Crippen molar-refractivity contribution in [3.8, 4) is 0 Å². The first-order chi connectivity index (χ1) is 23.2. The Hall–Kier alpha value is -4.78. The number of urea groups is 1. The summed E-state index contributed by atoms with van der Waals surface area (Å²) in [4.78, 5) is 39.5. The maximum absolute atomic E-state index is 14.0. The van der Waals surface area contributed by atoms with E-state index in [0.717, 1.165) is 19.3 Å². The van der Waals surface area contributed by atoms with Gasteiger partial charge in [-0.1, -0.05) is 54.1 Å². The third-order valence-corrected chi connectivity index (χ3v) is 8.89. The Labute approximate surface area is 280 Å². The van der Waals surface area contributed by atoms with Crippen LogP contribution in [0.1, 0.15) is 53.4 Å². The minimum Gasteiger partial charge on any atom is -0.417 e. The summed E-state index contributed by atoms with van der Waals surface area (Å²) < 4.78 is 47.3. The number of nitrogens with zero attached hydrogens (tertiary/aromatic N) is 5. The summed E-state index contributed by atoms with van der Waals surface area (Å²) >= 11 is 6.27. The van der Waals surface area contributed by atoms with Crippen LogP contribution in [0.4, 0.5) is 35.5 Å². The van der Waals surface area contributed by atoms with Gasteiger partial charge in [0.25, 0.3) is 11.9 Å². The lowest BCUT2D eigenvalue weighted by Crippen LogP contribution is -2.41. The van der Waals surface area contributed by atoms with E-state index in [1.54, 1.807) is 34.1 Å². The minimum atomic E-state index is -4.89. The number of nitrogens with one attached hydrogen (secondary N) is 2. The van der Waals surface area contributed by atoms with Crippen LogP contribution in [-0.4, -0.2) is 66.1 Å². The number of piperidine rings is 1. The second-order valence-electron chi connectivity index (χ2n) is 11.8. The van der Waals surface area contributed by atoms with E-state index in [4.69, 9.17) is 16.0 Å². The molecule has 1 aliphatic carbocycles. The Balaban J connectivity index is 1.07. The SMILES string of the molecule is O=C(Nc1ccc(N2CCCN(C(=O)NC3=C(Cl)C=CCC=C3)CC2)nc1)c1oc(N2CCC(c3ccccc3)CC2)nc1C(F)(F)F. The molecular weight excluding hydrogens is 647 g/mol. The normalized spacial score (nSPS) is 17.7. The number of halogens is 4. The molecule has 2 fully saturated rings. The van der Waals surface area contributed by atoms with Gasteiger partial charge in [0.1, 0.15) is 5.82 Å². The first-order valence-corrected chi connectivity index (χ1v) is 16.2. The molecule has 0 unspecified atom stereocenters. The van der Waals surface area contributed by atoms with Crippen molar-refractivity contribution in [1.82, 2.24) is 20.2 Å². The monoisotopic (exact) mass is 681 g/mol. The highest BCUT2D eigenvalue weighted by molar-refractivity contribution is 6.31. The van der Waals surface area contributed by atoms with Gasteiger partial charge in [-0.05, 0) is 61.4 Å². The van der Waals surface area contributed by atoms with Crippen LogP contribution in [0, 0.1) is 0 Å². The fraction of sp³-hybridized carbons (Fsp3) is 0.353. The van der Waals surface area contributed by atoms with Crippen LogP contribution in [0.5, 0.6) is 0 Å². The van der Waals surface area contributed by atoms with Crippen molar-refractivity contribution in [2.45, 2.75) is 37.8 Å². The first-order valence-electron chi connectivity index (χ1n) is 15.8. The predicted molar refractivity (Wildman–Crippen MR) is 177 cm³/mol. The lowest BCUT2D eigenvalue weighted by atomic mass is 9.90. The molecule has 10 nitrogen and oxygen atoms in total. The lowest BCUT2D eigenvalue weighted by molar-refractivity contribution is -0.141. The Morgan fingerprint density at radius 2 is 1.67 bits per heavy atom. The van der Waals surface area contributed by atoms with E-state index >= 15 is 0 Å². The Kier molecular flexibility index (Phi) is 10.0. The van der Waals surface area contributed by atoms with Gasteiger partial charge in [-0.3, -0.25) is 4.79 Å². The van der Waals surface area contributed by atoms with Crippen LogP contribution in [0.15, 0.2) is 88.1 Å². The van der Waals surface area contributed by atoms with Gasteiger partial charge in [-0.25, -0.2) is 9.78 Å². The largest absolute Gasteiger partial charge is 0.437 e. The van der Waals surface area contributed by atoms with E-state index < -0.39 is 23.5 Å². The van der Waals surface area contributed by atoms with Crippen molar-refractivity contribution in [3.63, 3.8) is 0 Å². The minimum absolute atomic E-state index is 0.199. The third kappa shape index (κ3) is 7.84. The molecule has 1 aromatic carbocycles. The molecule has 2 N–H and O–H groups in total. The molecule has 3 amide bonds. The highest BCUT2D eigenvalue weighted by atomic mass is 35.5. The van der Waals surface area contributed by atoms with Gasteiger partial charge in [0.05, 0.1) is 22.6 Å². The molecule has 0 radical (unpaired) electrons. The van der Waals surface area contributed by atoms with E-state index in [-0.39, 0.29) is 23.7 Å². The molecule has 48 heavy (non-hydrogen) atoms. The summed E-state index contributed by atoms with van der Waals surface area (Å²) in [5.74, 6) is -1.07.